The van der Waals surface area contributed by atoms with Crippen molar-refractivity contribution in [3.63, 3.8) is 0 Å². The van der Waals surface area contributed by atoms with Crippen LogP contribution in [0.4, 0.5) is 0 Å². The van der Waals surface area contributed by atoms with Gasteiger partial charge in [-0.05, 0) is 34.7 Å². The van der Waals surface area contributed by atoms with Crippen LogP contribution >= 0.6 is 22.6 Å². The molecule has 0 unspecified atom stereocenters. The zero-order chi connectivity index (χ0) is 9.84. The van der Waals surface area contributed by atoms with E-state index < -0.39 is 0 Å². The van der Waals surface area contributed by atoms with Gasteiger partial charge in [-0.25, -0.2) is 0 Å². The lowest BCUT2D eigenvalue weighted by Crippen LogP contribution is -2.28. The summed E-state index contributed by atoms with van der Waals surface area (Å²) in [5.41, 5.74) is 0.468. The Morgan fingerprint density at radius 3 is 2.38 bits per heavy atom. The maximum absolute atomic E-state index is 10.5. The molecular formula is C9H7IO3. The highest BCUT2D eigenvalue weighted by molar-refractivity contribution is 14.1. The van der Waals surface area contributed by atoms with Crippen LogP contribution in [0.25, 0.3) is 12.5 Å². The van der Waals surface area contributed by atoms with Gasteiger partial charge in [-0.1, -0.05) is 0 Å². The van der Waals surface area contributed by atoms with E-state index in [2.05, 4.69) is 0 Å². The summed E-state index contributed by atoms with van der Waals surface area (Å²) in [5.74, 6) is 0. The summed E-state index contributed by atoms with van der Waals surface area (Å²) < 4.78 is 0.713. The SMILES string of the molecule is O=Cc1cc(I)c(=CO)c(=CO)c1. The molecule has 0 atom stereocenters. The minimum Gasteiger partial charge on any atom is -0.515 e. The highest BCUT2D eigenvalue weighted by Crippen LogP contribution is 1.98. The zero-order valence-electron chi connectivity index (χ0n) is 6.57. The molecule has 4 heteroatoms. The number of rotatable bonds is 1. The van der Waals surface area contributed by atoms with Gasteiger partial charge in [-0.3, -0.25) is 4.79 Å². The van der Waals surface area contributed by atoms with E-state index in [-0.39, 0.29) is 0 Å². The van der Waals surface area contributed by atoms with Crippen molar-refractivity contribution in [1.29, 1.82) is 0 Å². The molecule has 0 aliphatic rings. The Hall–Kier alpha value is -1.04. The van der Waals surface area contributed by atoms with Gasteiger partial charge in [-0.2, -0.15) is 0 Å². The molecule has 0 radical (unpaired) electrons. The Bertz CT molecular complexity index is 437. The van der Waals surface area contributed by atoms with Gasteiger partial charge >= 0.3 is 0 Å². The van der Waals surface area contributed by atoms with E-state index in [4.69, 9.17) is 10.2 Å². The van der Waals surface area contributed by atoms with Crippen LogP contribution in [0.2, 0.25) is 0 Å². The van der Waals surface area contributed by atoms with E-state index in [1.165, 1.54) is 6.07 Å². The second kappa shape index (κ2) is 4.27. The molecule has 0 saturated carbocycles. The van der Waals surface area contributed by atoms with Gasteiger partial charge in [-0.15, -0.1) is 0 Å². The fourth-order valence-corrected chi connectivity index (χ4v) is 1.78. The molecule has 0 aliphatic heterocycles. The standard InChI is InChI=1S/C9H7IO3/c10-9-2-6(3-11)1-7(4-12)8(9)5-13/h1-5,12-13H. The molecule has 2 N–H and O–H groups in total. The fourth-order valence-electron chi connectivity index (χ4n) is 0.972. The molecule has 0 aromatic heterocycles. The van der Waals surface area contributed by atoms with Crippen LogP contribution < -0.4 is 10.4 Å². The summed E-state index contributed by atoms with van der Waals surface area (Å²) in [7, 11) is 0. The van der Waals surface area contributed by atoms with Gasteiger partial charge in [0.05, 0.1) is 12.5 Å². The minimum absolute atomic E-state index is 0.427. The summed E-state index contributed by atoms with van der Waals surface area (Å²) in [6.45, 7) is 0. The number of carbonyl (C=O) groups is 1. The van der Waals surface area contributed by atoms with Crippen LogP contribution in [-0.4, -0.2) is 16.5 Å². The lowest BCUT2D eigenvalue weighted by Gasteiger charge is -1.95. The summed E-state index contributed by atoms with van der Waals surface area (Å²) in [6, 6.07) is 3.12. The van der Waals surface area contributed by atoms with E-state index in [0.717, 1.165) is 12.5 Å². The Labute approximate surface area is 88.2 Å². The van der Waals surface area contributed by atoms with Gasteiger partial charge in [0.2, 0.25) is 0 Å². The smallest absolute Gasteiger partial charge is 0.150 e. The van der Waals surface area contributed by atoms with Crippen molar-refractivity contribution in [3.8, 4) is 0 Å². The van der Waals surface area contributed by atoms with E-state index in [0.29, 0.717) is 25.9 Å². The van der Waals surface area contributed by atoms with Crippen molar-refractivity contribution in [2.45, 2.75) is 0 Å². The molecular weight excluding hydrogens is 283 g/mol. The third-order valence-electron chi connectivity index (χ3n) is 1.59. The number of aliphatic hydroxyl groups is 2. The molecule has 3 nitrogen and oxygen atoms in total. The summed E-state index contributed by atoms with van der Waals surface area (Å²) in [4.78, 5) is 10.5. The van der Waals surface area contributed by atoms with Crippen LogP contribution in [-0.2, 0) is 0 Å². The van der Waals surface area contributed by atoms with Crippen LogP contribution in [0.5, 0.6) is 0 Å². The molecule has 0 saturated heterocycles. The van der Waals surface area contributed by atoms with Crippen molar-refractivity contribution < 1.29 is 15.0 Å². The lowest BCUT2D eigenvalue weighted by molar-refractivity contribution is 0.112. The molecule has 68 valence electrons. The van der Waals surface area contributed by atoms with E-state index in [1.807, 2.05) is 22.6 Å². The van der Waals surface area contributed by atoms with Gasteiger partial charge < -0.3 is 10.2 Å². The first-order valence-corrected chi connectivity index (χ1v) is 4.54. The van der Waals surface area contributed by atoms with Gasteiger partial charge in [0, 0.05) is 19.6 Å². The zero-order valence-corrected chi connectivity index (χ0v) is 8.72. The minimum atomic E-state index is 0.427. The first-order valence-electron chi connectivity index (χ1n) is 3.46. The monoisotopic (exact) mass is 290 g/mol. The van der Waals surface area contributed by atoms with Crippen molar-refractivity contribution in [3.05, 3.63) is 31.7 Å². The maximum atomic E-state index is 10.5. The highest BCUT2D eigenvalue weighted by atomic mass is 127. The van der Waals surface area contributed by atoms with Gasteiger partial charge in [0.15, 0.2) is 0 Å². The number of aliphatic hydroxyl groups excluding tert-OH is 2. The second-order valence-electron chi connectivity index (χ2n) is 2.38. The normalized spacial score (nSPS) is 13.3. The third-order valence-corrected chi connectivity index (χ3v) is 2.48. The molecule has 1 rings (SSSR count). The Morgan fingerprint density at radius 2 is 1.92 bits per heavy atom. The Balaban J connectivity index is 3.68. The first kappa shape index (κ1) is 10.0. The number of benzene rings is 1. The molecule has 0 heterocycles. The number of carbonyl (C=O) groups excluding carboxylic acids is 1. The van der Waals surface area contributed by atoms with Crippen molar-refractivity contribution >= 4 is 41.4 Å². The van der Waals surface area contributed by atoms with Gasteiger partial charge in [0.25, 0.3) is 0 Å². The van der Waals surface area contributed by atoms with E-state index in [9.17, 15) is 4.79 Å². The van der Waals surface area contributed by atoms with Crippen molar-refractivity contribution in [1.82, 2.24) is 0 Å². The molecule has 0 bridgehead atoms. The average Bonchev–Trinajstić information content (AvgIpc) is 2.16. The largest absolute Gasteiger partial charge is 0.515 e. The quantitative estimate of drug-likeness (QED) is 0.591. The first-order chi connectivity index (χ1) is 6.22. The summed E-state index contributed by atoms with van der Waals surface area (Å²) in [5, 5.41) is 18.6. The van der Waals surface area contributed by atoms with Crippen molar-refractivity contribution in [2.24, 2.45) is 0 Å². The van der Waals surface area contributed by atoms with E-state index in [1.54, 1.807) is 6.07 Å². The van der Waals surface area contributed by atoms with Crippen LogP contribution in [0, 0.1) is 3.57 Å². The fraction of sp³-hybridized carbons (Fsp3) is 0. The third kappa shape index (κ3) is 2.00. The van der Waals surface area contributed by atoms with Crippen LogP contribution in [0.1, 0.15) is 10.4 Å². The highest BCUT2D eigenvalue weighted by Gasteiger charge is 1.97. The van der Waals surface area contributed by atoms with Crippen molar-refractivity contribution in [2.75, 3.05) is 0 Å². The number of hydrogen-bond donors (Lipinski definition) is 2. The average molecular weight is 290 g/mol. The molecule has 0 amide bonds. The van der Waals surface area contributed by atoms with Crippen LogP contribution in [0.15, 0.2) is 12.1 Å². The second-order valence-corrected chi connectivity index (χ2v) is 3.54. The molecule has 0 aliphatic carbocycles. The Kier molecular flexibility index (Phi) is 3.30. The number of halogens is 1. The number of aldehydes is 1. The lowest BCUT2D eigenvalue weighted by atomic mass is 10.2. The molecule has 1 aromatic rings. The summed E-state index contributed by atoms with van der Waals surface area (Å²) >= 11 is 1.98. The molecule has 0 fully saturated rings. The molecule has 13 heavy (non-hydrogen) atoms. The van der Waals surface area contributed by atoms with Gasteiger partial charge in [0.1, 0.15) is 6.29 Å². The molecule has 1 aromatic carbocycles. The predicted molar refractivity (Wildman–Crippen MR) is 58.0 cm³/mol. The van der Waals surface area contributed by atoms with E-state index >= 15 is 0 Å². The topological polar surface area (TPSA) is 57.5 Å². The predicted octanol–water partition coefficient (Wildman–Crippen LogP) is 0.696. The Morgan fingerprint density at radius 1 is 1.23 bits per heavy atom. The van der Waals surface area contributed by atoms with Crippen LogP contribution in [0.3, 0.4) is 0 Å². The molecule has 0 spiro atoms. The maximum Gasteiger partial charge on any atom is 0.150 e. The summed E-state index contributed by atoms with van der Waals surface area (Å²) in [6.07, 6.45) is 2.45. The number of hydrogen-bond acceptors (Lipinski definition) is 3.